The Labute approximate surface area is 115 Å². The number of hydrogen-bond donors (Lipinski definition) is 1. The smallest absolute Gasteiger partial charge is 0.150 e. The predicted octanol–water partition coefficient (Wildman–Crippen LogP) is 1.75. The van der Waals surface area contributed by atoms with Crippen LogP contribution in [0.4, 0.5) is 5.69 Å². The van der Waals surface area contributed by atoms with Crippen molar-refractivity contribution in [2.75, 3.05) is 11.6 Å². The van der Waals surface area contributed by atoms with Gasteiger partial charge in [0, 0.05) is 25.5 Å². The van der Waals surface area contributed by atoms with Crippen LogP contribution in [0.3, 0.4) is 0 Å². The highest BCUT2D eigenvalue weighted by molar-refractivity contribution is 7.91. The minimum Gasteiger partial charge on any atom is -0.380 e. The van der Waals surface area contributed by atoms with E-state index in [4.69, 9.17) is 0 Å². The molecule has 1 aromatic heterocycles. The van der Waals surface area contributed by atoms with E-state index in [1.807, 2.05) is 13.2 Å². The summed E-state index contributed by atoms with van der Waals surface area (Å²) in [6.07, 6.45) is 7.71. The van der Waals surface area contributed by atoms with Crippen LogP contribution in [0.15, 0.2) is 6.20 Å². The molecule has 1 saturated carbocycles. The van der Waals surface area contributed by atoms with Gasteiger partial charge in [0.1, 0.15) is 9.84 Å². The molecule has 1 aliphatic carbocycles. The summed E-state index contributed by atoms with van der Waals surface area (Å²) in [5.74, 6) is 0. The first-order valence-corrected chi connectivity index (χ1v) is 8.83. The summed E-state index contributed by atoms with van der Waals surface area (Å²) < 4.78 is 25.1. The molecule has 2 rings (SSSR count). The van der Waals surface area contributed by atoms with E-state index in [0.29, 0.717) is 6.42 Å². The molecule has 6 heteroatoms. The Morgan fingerprint density at radius 3 is 2.84 bits per heavy atom. The molecule has 19 heavy (non-hydrogen) atoms. The average Bonchev–Trinajstić information content (AvgIpc) is 2.69. The van der Waals surface area contributed by atoms with Gasteiger partial charge in [-0.05, 0) is 25.7 Å². The number of nitrogens with one attached hydrogen (secondary N) is 1. The molecule has 2 unspecified atom stereocenters. The van der Waals surface area contributed by atoms with Crippen LogP contribution in [0.1, 0.15) is 38.3 Å². The van der Waals surface area contributed by atoms with Gasteiger partial charge in [-0.3, -0.25) is 4.68 Å². The lowest BCUT2D eigenvalue weighted by Gasteiger charge is -2.29. The second-order valence-corrected chi connectivity index (χ2v) is 7.80. The molecule has 5 nitrogen and oxygen atoms in total. The van der Waals surface area contributed by atoms with Gasteiger partial charge < -0.3 is 5.32 Å². The molecule has 1 heterocycles. The summed E-state index contributed by atoms with van der Waals surface area (Å²) in [5, 5.41) is 7.68. The van der Waals surface area contributed by atoms with E-state index in [1.54, 1.807) is 4.68 Å². The van der Waals surface area contributed by atoms with Gasteiger partial charge >= 0.3 is 0 Å². The Kier molecular flexibility index (Phi) is 4.18. The molecule has 2 atom stereocenters. The SMILES string of the molecule is CCc1nn(C)cc1NC1CCCC(S(C)(=O)=O)C1. The van der Waals surface area contributed by atoms with Crippen molar-refractivity contribution in [3.05, 3.63) is 11.9 Å². The topological polar surface area (TPSA) is 64.0 Å². The van der Waals surface area contributed by atoms with E-state index in [2.05, 4.69) is 17.3 Å². The largest absolute Gasteiger partial charge is 0.380 e. The van der Waals surface area contributed by atoms with Gasteiger partial charge in [0.15, 0.2) is 0 Å². The van der Waals surface area contributed by atoms with Crippen molar-refractivity contribution >= 4 is 15.5 Å². The number of aromatic nitrogens is 2. The second-order valence-electron chi connectivity index (χ2n) is 5.48. The molecule has 0 radical (unpaired) electrons. The maximum Gasteiger partial charge on any atom is 0.150 e. The Morgan fingerprint density at radius 1 is 1.47 bits per heavy atom. The van der Waals surface area contributed by atoms with Crippen molar-refractivity contribution in [3.8, 4) is 0 Å². The van der Waals surface area contributed by atoms with Crippen LogP contribution in [0.25, 0.3) is 0 Å². The molecule has 0 saturated heterocycles. The summed E-state index contributed by atoms with van der Waals surface area (Å²) in [6.45, 7) is 2.08. The molecule has 0 amide bonds. The quantitative estimate of drug-likeness (QED) is 0.915. The van der Waals surface area contributed by atoms with Crippen molar-refractivity contribution < 1.29 is 8.42 Å². The van der Waals surface area contributed by atoms with E-state index in [1.165, 1.54) is 6.26 Å². The summed E-state index contributed by atoms with van der Waals surface area (Å²) in [6, 6.07) is 0.239. The van der Waals surface area contributed by atoms with Gasteiger partial charge in [0.05, 0.1) is 16.6 Å². The van der Waals surface area contributed by atoms with Crippen LogP contribution < -0.4 is 5.32 Å². The summed E-state index contributed by atoms with van der Waals surface area (Å²) in [7, 11) is -1.02. The number of hydrogen-bond acceptors (Lipinski definition) is 4. The zero-order chi connectivity index (χ0) is 14.0. The van der Waals surface area contributed by atoms with Gasteiger partial charge in [-0.25, -0.2) is 8.42 Å². The number of aryl methyl sites for hydroxylation is 2. The minimum atomic E-state index is -2.92. The van der Waals surface area contributed by atoms with E-state index in [-0.39, 0.29) is 11.3 Å². The van der Waals surface area contributed by atoms with Crippen LogP contribution in [0, 0.1) is 0 Å². The predicted molar refractivity (Wildman–Crippen MR) is 77.1 cm³/mol. The summed E-state index contributed by atoms with van der Waals surface area (Å²) >= 11 is 0. The van der Waals surface area contributed by atoms with Crippen LogP contribution in [0.5, 0.6) is 0 Å². The Hall–Kier alpha value is -1.04. The molecule has 0 aliphatic heterocycles. The van der Waals surface area contributed by atoms with Gasteiger partial charge in [0.2, 0.25) is 0 Å². The van der Waals surface area contributed by atoms with Gasteiger partial charge in [-0.2, -0.15) is 5.10 Å². The zero-order valence-corrected chi connectivity index (χ0v) is 12.7. The lowest BCUT2D eigenvalue weighted by atomic mass is 9.94. The molecule has 1 fully saturated rings. The maximum absolute atomic E-state index is 11.7. The third-order valence-electron chi connectivity index (χ3n) is 3.83. The minimum absolute atomic E-state index is 0.194. The van der Waals surface area contributed by atoms with Crippen LogP contribution >= 0.6 is 0 Å². The molecule has 0 spiro atoms. The van der Waals surface area contributed by atoms with Crippen molar-refractivity contribution in [1.82, 2.24) is 9.78 Å². The molecule has 108 valence electrons. The monoisotopic (exact) mass is 285 g/mol. The average molecular weight is 285 g/mol. The third-order valence-corrected chi connectivity index (χ3v) is 5.47. The molecule has 1 N–H and O–H groups in total. The van der Waals surface area contributed by atoms with Crippen LogP contribution in [0.2, 0.25) is 0 Å². The fourth-order valence-corrected chi connectivity index (χ4v) is 3.98. The first-order chi connectivity index (χ1) is 8.90. The van der Waals surface area contributed by atoms with Crippen molar-refractivity contribution in [2.45, 2.75) is 50.3 Å². The third kappa shape index (κ3) is 3.49. The van der Waals surface area contributed by atoms with Crippen LogP contribution in [-0.4, -0.2) is 35.7 Å². The van der Waals surface area contributed by atoms with Crippen molar-refractivity contribution in [1.29, 1.82) is 0 Å². The van der Waals surface area contributed by atoms with E-state index in [0.717, 1.165) is 37.1 Å². The highest BCUT2D eigenvalue weighted by Gasteiger charge is 2.29. The summed E-state index contributed by atoms with van der Waals surface area (Å²) in [4.78, 5) is 0. The number of sulfone groups is 1. The highest BCUT2D eigenvalue weighted by Crippen LogP contribution is 2.27. The van der Waals surface area contributed by atoms with Gasteiger partial charge in [-0.1, -0.05) is 13.3 Å². The molecule has 1 aliphatic rings. The molecule has 0 bridgehead atoms. The Bertz CT molecular complexity index is 536. The molecule has 0 aromatic carbocycles. The zero-order valence-electron chi connectivity index (χ0n) is 11.9. The Balaban J connectivity index is 2.06. The standard InChI is InChI=1S/C13H23N3O2S/c1-4-12-13(9-16(2)15-12)14-10-6-5-7-11(8-10)19(3,17)18/h9-11,14H,4-8H2,1-3H3. The molecular formula is C13H23N3O2S. The fraction of sp³-hybridized carbons (Fsp3) is 0.769. The van der Waals surface area contributed by atoms with Crippen molar-refractivity contribution in [2.24, 2.45) is 7.05 Å². The maximum atomic E-state index is 11.7. The van der Waals surface area contributed by atoms with E-state index >= 15 is 0 Å². The van der Waals surface area contributed by atoms with Crippen molar-refractivity contribution in [3.63, 3.8) is 0 Å². The fourth-order valence-electron chi connectivity index (χ4n) is 2.80. The Morgan fingerprint density at radius 2 is 2.21 bits per heavy atom. The highest BCUT2D eigenvalue weighted by atomic mass is 32.2. The first kappa shape index (κ1) is 14.4. The molecular weight excluding hydrogens is 262 g/mol. The lowest BCUT2D eigenvalue weighted by Crippen LogP contribution is -2.34. The summed E-state index contributed by atoms with van der Waals surface area (Å²) in [5.41, 5.74) is 2.09. The van der Waals surface area contributed by atoms with E-state index in [9.17, 15) is 8.42 Å². The number of nitrogens with zero attached hydrogens (tertiary/aromatic N) is 2. The normalized spacial score (nSPS) is 24.4. The lowest BCUT2D eigenvalue weighted by molar-refractivity contribution is 0.453. The van der Waals surface area contributed by atoms with Gasteiger partial charge in [0.25, 0.3) is 0 Å². The first-order valence-electron chi connectivity index (χ1n) is 6.88. The number of rotatable bonds is 4. The number of anilines is 1. The molecule has 1 aromatic rings. The van der Waals surface area contributed by atoms with Crippen LogP contribution in [-0.2, 0) is 23.3 Å². The van der Waals surface area contributed by atoms with Gasteiger partial charge in [-0.15, -0.1) is 0 Å². The van der Waals surface area contributed by atoms with E-state index < -0.39 is 9.84 Å². The second kappa shape index (κ2) is 5.53.